The van der Waals surface area contributed by atoms with Crippen molar-refractivity contribution < 1.29 is 9.13 Å². The van der Waals surface area contributed by atoms with E-state index in [4.69, 9.17) is 4.74 Å². The van der Waals surface area contributed by atoms with Gasteiger partial charge in [-0.3, -0.25) is 0 Å². The molecule has 4 heteroatoms. The van der Waals surface area contributed by atoms with Crippen LogP contribution in [-0.2, 0) is 6.61 Å². The van der Waals surface area contributed by atoms with E-state index in [2.05, 4.69) is 4.98 Å². The first-order chi connectivity index (χ1) is 7.24. The second-order valence-electron chi connectivity index (χ2n) is 3.13. The zero-order valence-electron chi connectivity index (χ0n) is 8.24. The second kappa shape index (κ2) is 4.40. The number of hydrogen-bond acceptors (Lipinski definition) is 3. The molecule has 0 N–H and O–H groups in total. The highest BCUT2D eigenvalue weighted by Crippen LogP contribution is 2.15. The van der Waals surface area contributed by atoms with Gasteiger partial charge in [-0.05, 0) is 19.1 Å². The van der Waals surface area contributed by atoms with Gasteiger partial charge in [0.05, 0.1) is 0 Å². The third kappa shape index (κ3) is 2.76. The first-order valence-corrected chi connectivity index (χ1v) is 5.41. The van der Waals surface area contributed by atoms with Crippen LogP contribution in [0.4, 0.5) is 4.39 Å². The van der Waals surface area contributed by atoms with Crippen molar-refractivity contribution in [2.45, 2.75) is 13.5 Å². The van der Waals surface area contributed by atoms with E-state index >= 15 is 0 Å². The van der Waals surface area contributed by atoms with Gasteiger partial charge in [0.25, 0.3) is 0 Å². The third-order valence-electron chi connectivity index (χ3n) is 1.82. The summed E-state index contributed by atoms with van der Waals surface area (Å²) in [6.45, 7) is 2.32. The molecule has 1 aromatic heterocycles. The highest BCUT2D eigenvalue weighted by molar-refractivity contribution is 7.09. The maximum absolute atomic E-state index is 12.8. The van der Waals surface area contributed by atoms with Crippen molar-refractivity contribution in [2.24, 2.45) is 0 Å². The number of halogens is 1. The van der Waals surface area contributed by atoms with E-state index in [9.17, 15) is 4.39 Å². The molecule has 1 aromatic carbocycles. The number of aryl methyl sites for hydroxylation is 1. The first kappa shape index (κ1) is 10.1. The molecule has 0 aliphatic carbocycles. The third-order valence-corrected chi connectivity index (χ3v) is 2.77. The normalized spacial score (nSPS) is 10.3. The summed E-state index contributed by atoms with van der Waals surface area (Å²) < 4.78 is 18.2. The number of benzene rings is 1. The minimum absolute atomic E-state index is 0.289. The van der Waals surface area contributed by atoms with Crippen molar-refractivity contribution in [3.63, 3.8) is 0 Å². The van der Waals surface area contributed by atoms with Crippen molar-refractivity contribution in [3.8, 4) is 5.75 Å². The number of thiazole rings is 1. The molecular weight excluding hydrogens is 213 g/mol. The second-order valence-corrected chi connectivity index (χ2v) is 4.07. The topological polar surface area (TPSA) is 22.1 Å². The van der Waals surface area contributed by atoms with Gasteiger partial charge in [-0.15, -0.1) is 11.3 Å². The average molecular weight is 223 g/mol. The van der Waals surface area contributed by atoms with Crippen LogP contribution in [0.1, 0.15) is 10.7 Å². The van der Waals surface area contributed by atoms with E-state index in [-0.39, 0.29) is 5.82 Å². The van der Waals surface area contributed by atoms with Gasteiger partial charge in [-0.1, -0.05) is 6.07 Å². The minimum Gasteiger partial charge on any atom is -0.486 e. The molecule has 0 saturated heterocycles. The van der Waals surface area contributed by atoms with Crippen molar-refractivity contribution in [1.82, 2.24) is 4.98 Å². The maximum atomic E-state index is 12.8. The molecule has 15 heavy (non-hydrogen) atoms. The standard InChI is InChI=1S/C11H10FNOS/c1-8-7-15-11(13-8)6-14-10-4-2-3-9(12)5-10/h2-5,7H,6H2,1H3. The van der Waals surface area contributed by atoms with Crippen LogP contribution < -0.4 is 4.74 Å². The molecule has 2 aromatic rings. The molecule has 0 amide bonds. The lowest BCUT2D eigenvalue weighted by atomic mass is 10.3. The van der Waals surface area contributed by atoms with Gasteiger partial charge in [-0.2, -0.15) is 0 Å². The summed E-state index contributed by atoms with van der Waals surface area (Å²) in [5, 5.41) is 2.86. The van der Waals surface area contributed by atoms with Gasteiger partial charge in [0.15, 0.2) is 0 Å². The number of ether oxygens (including phenoxy) is 1. The maximum Gasteiger partial charge on any atom is 0.140 e. The zero-order valence-corrected chi connectivity index (χ0v) is 9.05. The van der Waals surface area contributed by atoms with E-state index in [1.165, 1.54) is 12.1 Å². The predicted molar refractivity (Wildman–Crippen MR) is 57.6 cm³/mol. The van der Waals surface area contributed by atoms with Crippen LogP contribution in [0.2, 0.25) is 0 Å². The molecule has 2 nitrogen and oxygen atoms in total. The predicted octanol–water partition coefficient (Wildman–Crippen LogP) is 3.17. The summed E-state index contributed by atoms with van der Waals surface area (Å²) in [7, 11) is 0. The number of nitrogens with zero attached hydrogens (tertiary/aromatic N) is 1. The van der Waals surface area contributed by atoms with Crippen molar-refractivity contribution in [2.75, 3.05) is 0 Å². The van der Waals surface area contributed by atoms with Gasteiger partial charge in [0.1, 0.15) is 23.2 Å². The summed E-state index contributed by atoms with van der Waals surface area (Å²) in [5.41, 5.74) is 0.984. The Labute approximate surface area is 91.4 Å². The molecule has 0 saturated carbocycles. The lowest BCUT2D eigenvalue weighted by Gasteiger charge is -2.03. The van der Waals surface area contributed by atoms with Gasteiger partial charge in [0, 0.05) is 17.1 Å². The van der Waals surface area contributed by atoms with E-state index < -0.39 is 0 Å². The SMILES string of the molecule is Cc1csc(COc2cccc(F)c2)n1. The summed E-state index contributed by atoms with van der Waals surface area (Å²) in [4.78, 5) is 4.25. The molecular formula is C11H10FNOS. The Morgan fingerprint density at radius 3 is 3.00 bits per heavy atom. The molecule has 0 atom stereocenters. The van der Waals surface area contributed by atoms with E-state index in [0.29, 0.717) is 12.4 Å². The van der Waals surface area contributed by atoms with Gasteiger partial charge in [-0.25, -0.2) is 9.37 Å². The van der Waals surface area contributed by atoms with Crippen molar-refractivity contribution in [3.05, 3.63) is 46.2 Å². The summed E-state index contributed by atoms with van der Waals surface area (Å²) in [6, 6.07) is 6.10. The molecule has 0 spiro atoms. The van der Waals surface area contributed by atoms with E-state index in [1.54, 1.807) is 23.5 Å². The van der Waals surface area contributed by atoms with E-state index in [1.807, 2.05) is 12.3 Å². The lowest BCUT2D eigenvalue weighted by Crippen LogP contribution is -1.95. The van der Waals surface area contributed by atoms with Crippen LogP contribution in [0, 0.1) is 12.7 Å². The smallest absolute Gasteiger partial charge is 0.140 e. The molecule has 1 heterocycles. The Hall–Kier alpha value is -1.42. The molecule has 0 aliphatic heterocycles. The number of aromatic nitrogens is 1. The van der Waals surface area contributed by atoms with Crippen LogP contribution in [0.25, 0.3) is 0 Å². The van der Waals surface area contributed by atoms with Crippen LogP contribution in [0.15, 0.2) is 29.6 Å². The van der Waals surface area contributed by atoms with E-state index in [0.717, 1.165) is 10.7 Å². The summed E-state index contributed by atoms with van der Waals surface area (Å²) >= 11 is 1.54. The Morgan fingerprint density at radius 2 is 2.33 bits per heavy atom. The summed E-state index contributed by atoms with van der Waals surface area (Å²) in [5.74, 6) is 0.241. The minimum atomic E-state index is -0.289. The van der Waals surface area contributed by atoms with Gasteiger partial charge < -0.3 is 4.74 Å². The molecule has 0 bridgehead atoms. The molecule has 0 fully saturated rings. The van der Waals surface area contributed by atoms with Crippen molar-refractivity contribution >= 4 is 11.3 Å². The highest BCUT2D eigenvalue weighted by atomic mass is 32.1. The lowest BCUT2D eigenvalue weighted by molar-refractivity contribution is 0.304. The Bertz CT molecular complexity index is 455. The van der Waals surface area contributed by atoms with Crippen molar-refractivity contribution in [1.29, 1.82) is 0 Å². The Balaban J connectivity index is 1.99. The monoisotopic (exact) mass is 223 g/mol. The molecule has 2 rings (SSSR count). The van der Waals surface area contributed by atoms with Gasteiger partial charge in [0.2, 0.25) is 0 Å². The quantitative estimate of drug-likeness (QED) is 0.797. The summed E-state index contributed by atoms with van der Waals surface area (Å²) in [6.07, 6.45) is 0. The van der Waals surface area contributed by atoms with Gasteiger partial charge >= 0.3 is 0 Å². The largest absolute Gasteiger partial charge is 0.486 e. The fourth-order valence-corrected chi connectivity index (χ4v) is 1.85. The van der Waals surface area contributed by atoms with Crippen LogP contribution >= 0.6 is 11.3 Å². The van der Waals surface area contributed by atoms with Crippen LogP contribution in [0.3, 0.4) is 0 Å². The number of hydrogen-bond donors (Lipinski definition) is 0. The fourth-order valence-electron chi connectivity index (χ4n) is 1.17. The van der Waals surface area contributed by atoms with Crippen LogP contribution in [0.5, 0.6) is 5.75 Å². The highest BCUT2D eigenvalue weighted by Gasteiger charge is 2.00. The number of rotatable bonds is 3. The fraction of sp³-hybridized carbons (Fsp3) is 0.182. The van der Waals surface area contributed by atoms with Crippen LogP contribution in [-0.4, -0.2) is 4.98 Å². The Kier molecular flexibility index (Phi) is 2.97. The molecule has 78 valence electrons. The molecule has 0 radical (unpaired) electrons. The Morgan fingerprint density at radius 1 is 1.47 bits per heavy atom. The average Bonchev–Trinajstić information content (AvgIpc) is 2.62. The molecule has 0 aliphatic rings. The zero-order chi connectivity index (χ0) is 10.7. The molecule has 0 unspecified atom stereocenters. The first-order valence-electron chi connectivity index (χ1n) is 4.53.